The van der Waals surface area contributed by atoms with Crippen LogP contribution in [-0.2, 0) is 13.0 Å². The first-order valence-corrected chi connectivity index (χ1v) is 8.63. The molecule has 1 N–H and O–H groups in total. The average Bonchev–Trinajstić information content (AvgIpc) is 2.74. The minimum Gasteiger partial charge on any atom is -0.312 e. The molecule has 0 spiro atoms. The van der Waals surface area contributed by atoms with Crippen LogP contribution in [-0.4, -0.2) is 11.5 Å². The third kappa shape index (κ3) is 4.68. The molecule has 0 fully saturated rings. The van der Waals surface area contributed by atoms with E-state index < -0.39 is 0 Å². The largest absolute Gasteiger partial charge is 0.312 e. The molecular weight excluding hydrogens is 323 g/mol. The van der Waals surface area contributed by atoms with Crippen LogP contribution in [0, 0.1) is 12.8 Å². The van der Waals surface area contributed by atoms with Crippen LogP contribution in [0.3, 0.4) is 0 Å². The van der Waals surface area contributed by atoms with Crippen molar-refractivity contribution in [2.75, 3.05) is 6.54 Å². The summed E-state index contributed by atoms with van der Waals surface area (Å²) in [7, 11) is 0. The van der Waals surface area contributed by atoms with Crippen molar-refractivity contribution < 1.29 is 0 Å². The van der Waals surface area contributed by atoms with Gasteiger partial charge in [0.15, 0.2) is 0 Å². The summed E-state index contributed by atoms with van der Waals surface area (Å²) in [4.78, 5) is 5.93. The number of halogens is 2. The molecule has 0 saturated heterocycles. The number of nitrogens with one attached hydrogen (secondary N) is 1. The third-order valence-corrected chi connectivity index (χ3v) is 5.03. The molecule has 1 aromatic carbocycles. The molecule has 0 unspecified atom stereocenters. The average molecular weight is 343 g/mol. The van der Waals surface area contributed by atoms with Crippen molar-refractivity contribution in [3.05, 3.63) is 49.4 Å². The quantitative estimate of drug-likeness (QED) is 0.790. The fourth-order valence-electron chi connectivity index (χ4n) is 2.05. The van der Waals surface area contributed by atoms with Gasteiger partial charge in [0, 0.05) is 27.9 Å². The molecule has 2 nitrogen and oxygen atoms in total. The molecule has 0 atom stereocenters. The fraction of sp³-hybridized carbons (Fsp3) is 0.438. The van der Waals surface area contributed by atoms with Crippen molar-refractivity contribution in [2.45, 2.75) is 33.7 Å². The van der Waals surface area contributed by atoms with E-state index >= 15 is 0 Å². The van der Waals surface area contributed by atoms with Gasteiger partial charge < -0.3 is 5.32 Å². The molecule has 114 valence electrons. The molecule has 2 aromatic rings. The maximum atomic E-state index is 6.22. The molecule has 0 amide bonds. The zero-order valence-electron chi connectivity index (χ0n) is 12.5. The lowest BCUT2D eigenvalue weighted by atomic mass is 10.1. The summed E-state index contributed by atoms with van der Waals surface area (Å²) in [6.45, 7) is 8.36. The van der Waals surface area contributed by atoms with Crippen molar-refractivity contribution in [3.63, 3.8) is 0 Å². The zero-order chi connectivity index (χ0) is 15.4. The van der Waals surface area contributed by atoms with E-state index in [0.29, 0.717) is 22.4 Å². The predicted octanol–water partition coefficient (Wildman–Crippen LogP) is 5.09. The Kier molecular flexibility index (Phi) is 6.06. The Labute approximate surface area is 140 Å². The Balaban J connectivity index is 2.08. The molecule has 0 aliphatic rings. The second kappa shape index (κ2) is 7.59. The fourth-order valence-corrected chi connectivity index (χ4v) is 3.64. The monoisotopic (exact) mass is 342 g/mol. The summed E-state index contributed by atoms with van der Waals surface area (Å²) >= 11 is 14.2. The molecule has 0 bridgehead atoms. The third-order valence-electron chi connectivity index (χ3n) is 3.16. The Morgan fingerprint density at radius 3 is 2.52 bits per heavy atom. The van der Waals surface area contributed by atoms with E-state index in [-0.39, 0.29) is 0 Å². The zero-order valence-corrected chi connectivity index (χ0v) is 14.9. The van der Waals surface area contributed by atoms with Crippen LogP contribution in [0.5, 0.6) is 0 Å². The molecule has 0 aliphatic carbocycles. The number of hydrogen-bond donors (Lipinski definition) is 1. The number of nitrogens with zero attached hydrogens (tertiary/aromatic N) is 1. The highest BCUT2D eigenvalue weighted by molar-refractivity contribution is 7.11. The van der Waals surface area contributed by atoms with E-state index in [1.54, 1.807) is 11.3 Å². The molecule has 5 heteroatoms. The summed E-state index contributed by atoms with van der Waals surface area (Å²) in [5, 5.41) is 5.93. The van der Waals surface area contributed by atoms with Gasteiger partial charge in [-0.05, 0) is 37.1 Å². The lowest BCUT2D eigenvalue weighted by molar-refractivity contribution is 0.554. The number of rotatable bonds is 6. The van der Waals surface area contributed by atoms with Gasteiger partial charge in [-0.15, -0.1) is 11.3 Å². The molecule has 0 radical (unpaired) electrons. The number of hydrogen-bond acceptors (Lipinski definition) is 3. The van der Waals surface area contributed by atoms with E-state index in [1.165, 1.54) is 4.88 Å². The summed E-state index contributed by atoms with van der Waals surface area (Å²) in [6.07, 6.45) is 0.689. The minimum atomic E-state index is 0.652. The van der Waals surface area contributed by atoms with E-state index in [2.05, 4.69) is 31.1 Å². The maximum absolute atomic E-state index is 6.22. The van der Waals surface area contributed by atoms with Crippen molar-refractivity contribution in [2.24, 2.45) is 5.92 Å². The summed E-state index contributed by atoms with van der Waals surface area (Å²) < 4.78 is 0. The van der Waals surface area contributed by atoms with Crippen LogP contribution in [0.25, 0.3) is 0 Å². The van der Waals surface area contributed by atoms with Gasteiger partial charge >= 0.3 is 0 Å². The summed E-state index contributed by atoms with van der Waals surface area (Å²) in [5.74, 6) is 0.652. The van der Waals surface area contributed by atoms with Crippen LogP contribution in [0.15, 0.2) is 18.2 Å². The first-order chi connectivity index (χ1) is 9.97. The van der Waals surface area contributed by atoms with E-state index in [0.717, 1.165) is 29.4 Å². The van der Waals surface area contributed by atoms with Gasteiger partial charge in [0.1, 0.15) is 0 Å². The topological polar surface area (TPSA) is 24.9 Å². The minimum absolute atomic E-state index is 0.652. The Bertz CT molecular complexity index is 588. The molecule has 0 aliphatic heterocycles. The van der Waals surface area contributed by atoms with E-state index in [9.17, 15) is 0 Å². The lowest BCUT2D eigenvalue weighted by Crippen LogP contribution is -2.18. The van der Waals surface area contributed by atoms with Crippen LogP contribution in [0.2, 0.25) is 10.0 Å². The highest BCUT2D eigenvalue weighted by Crippen LogP contribution is 2.29. The van der Waals surface area contributed by atoms with Gasteiger partial charge in [-0.2, -0.15) is 0 Å². The number of aromatic nitrogens is 1. The maximum Gasteiger partial charge on any atom is 0.0976 e. The van der Waals surface area contributed by atoms with Gasteiger partial charge in [0.05, 0.1) is 10.7 Å². The van der Waals surface area contributed by atoms with Crippen molar-refractivity contribution in [1.82, 2.24) is 10.3 Å². The summed E-state index contributed by atoms with van der Waals surface area (Å²) in [6, 6.07) is 5.60. The highest BCUT2D eigenvalue weighted by atomic mass is 35.5. The first-order valence-electron chi connectivity index (χ1n) is 7.06. The molecule has 0 saturated carbocycles. The van der Waals surface area contributed by atoms with Gasteiger partial charge in [-0.25, -0.2) is 4.98 Å². The van der Waals surface area contributed by atoms with Crippen molar-refractivity contribution in [1.29, 1.82) is 0 Å². The van der Waals surface area contributed by atoms with Gasteiger partial charge in [0.25, 0.3) is 0 Å². The molecular formula is C16H20Cl2N2S. The van der Waals surface area contributed by atoms with Crippen LogP contribution >= 0.6 is 34.5 Å². The standard InChI is InChI=1S/C16H20Cl2N2S/c1-10(2)8-19-9-15-11(3)20-16(21-15)7-12-13(17)5-4-6-14(12)18/h4-6,10,19H,7-9H2,1-3H3. The Hall–Kier alpha value is -0.610. The Morgan fingerprint density at radius 2 is 1.90 bits per heavy atom. The SMILES string of the molecule is Cc1nc(Cc2c(Cl)cccc2Cl)sc1CNCC(C)C. The van der Waals surface area contributed by atoms with Crippen LogP contribution in [0.1, 0.15) is 35.0 Å². The number of benzene rings is 1. The van der Waals surface area contributed by atoms with Crippen LogP contribution < -0.4 is 5.32 Å². The van der Waals surface area contributed by atoms with Gasteiger partial charge in [-0.3, -0.25) is 0 Å². The number of thiazole rings is 1. The smallest absolute Gasteiger partial charge is 0.0976 e. The van der Waals surface area contributed by atoms with Crippen LogP contribution in [0.4, 0.5) is 0 Å². The highest BCUT2D eigenvalue weighted by Gasteiger charge is 2.12. The number of aryl methyl sites for hydroxylation is 1. The second-order valence-electron chi connectivity index (χ2n) is 5.52. The second-order valence-corrected chi connectivity index (χ2v) is 7.50. The first kappa shape index (κ1) is 16.8. The van der Waals surface area contributed by atoms with Gasteiger partial charge in [0.2, 0.25) is 0 Å². The summed E-state index contributed by atoms with van der Waals surface area (Å²) in [5.41, 5.74) is 2.05. The van der Waals surface area contributed by atoms with E-state index in [4.69, 9.17) is 23.2 Å². The van der Waals surface area contributed by atoms with E-state index in [1.807, 2.05) is 18.2 Å². The lowest BCUT2D eigenvalue weighted by Gasteiger charge is -2.05. The normalized spacial score (nSPS) is 11.3. The van der Waals surface area contributed by atoms with Crippen molar-refractivity contribution in [3.8, 4) is 0 Å². The molecule has 2 rings (SSSR count). The molecule has 21 heavy (non-hydrogen) atoms. The predicted molar refractivity (Wildman–Crippen MR) is 92.7 cm³/mol. The van der Waals surface area contributed by atoms with Crippen molar-refractivity contribution >= 4 is 34.5 Å². The molecule has 1 aromatic heterocycles. The molecule has 1 heterocycles. The van der Waals surface area contributed by atoms with Gasteiger partial charge in [-0.1, -0.05) is 43.1 Å². The Morgan fingerprint density at radius 1 is 1.24 bits per heavy atom.